The Morgan fingerprint density at radius 2 is 2.47 bits per heavy atom. The van der Waals surface area contributed by atoms with Crippen LogP contribution in [0.1, 0.15) is 17.6 Å². The molecule has 1 aromatic rings. The molecule has 1 unspecified atom stereocenters. The third-order valence-corrected chi connectivity index (χ3v) is 4.43. The van der Waals surface area contributed by atoms with Gasteiger partial charge in [-0.05, 0) is 29.5 Å². The fourth-order valence-electron chi connectivity index (χ4n) is 1.39. The molecule has 1 N–H and O–H groups in total. The molecule has 0 amide bonds. The Morgan fingerprint density at radius 1 is 1.67 bits per heavy atom. The molecule has 0 aromatic carbocycles. The summed E-state index contributed by atoms with van der Waals surface area (Å²) in [6.45, 7) is 2.57. The van der Waals surface area contributed by atoms with Crippen LogP contribution in [0.5, 0.6) is 0 Å². The van der Waals surface area contributed by atoms with E-state index in [-0.39, 0.29) is 11.7 Å². The Labute approximate surface area is 105 Å². The van der Waals surface area contributed by atoms with Crippen molar-refractivity contribution in [2.75, 3.05) is 18.1 Å². The Morgan fingerprint density at radius 3 is 3.07 bits per heavy atom. The average molecular weight is 338 g/mol. The minimum absolute atomic E-state index is 0.0628. The summed E-state index contributed by atoms with van der Waals surface area (Å²) in [5.74, 6) is 2.54. The summed E-state index contributed by atoms with van der Waals surface area (Å²) in [7, 11) is 0. The van der Waals surface area contributed by atoms with Crippen LogP contribution in [-0.4, -0.2) is 28.1 Å². The summed E-state index contributed by atoms with van der Waals surface area (Å²) >= 11 is 3.83. The molecule has 1 atom stereocenters. The molecule has 0 aliphatic carbocycles. The number of hydrogen-bond donors (Lipinski definition) is 1. The van der Waals surface area contributed by atoms with E-state index in [2.05, 4.69) is 9.97 Å². The zero-order valence-corrected chi connectivity index (χ0v) is 11.2. The number of thioether (sulfide) groups is 1. The highest BCUT2D eigenvalue weighted by Gasteiger charge is 2.19. The standard InChI is InChI=1S/C9H11IN2O2S/c1-5-7(10)9(13)12-8(11-5)6-4-15-3-2-14-6/h6H,2-4H2,1H3,(H,11,12,13). The second kappa shape index (κ2) is 4.84. The van der Waals surface area contributed by atoms with Gasteiger partial charge in [-0.25, -0.2) is 4.98 Å². The Bertz CT molecular complexity index is 415. The van der Waals surface area contributed by atoms with E-state index in [1.807, 2.05) is 41.3 Å². The van der Waals surface area contributed by atoms with E-state index in [1.54, 1.807) is 0 Å². The third kappa shape index (κ3) is 2.54. The van der Waals surface area contributed by atoms with Gasteiger partial charge in [0.15, 0.2) is 0 Å². The maximum absolute atomic E-state index is 11.5. The van der Waals surface area contributed by atoms with E-state index in [0.29, 0.717) is 9.39 Å². The van der Waals surface area contributed by atoms with Gasteiger partial charge in [-0.1, -0.05) is 0 Å². The van der Waals surface area contributed by atoms with Gasteiger partial charge < -0.3 is 9.72 Å². The molecule has 15 heavy (non-hydrogen) atoms. The minimum atomic E-state index is -0.0720. The monoisotopic (exact) mass is 338 g/mol. The number of halogens is 1. The van der Waals surface area contributed by atoms with Gasteiger partial charge >= 0.3 is 0 Å². The molecule has 0 saturated carbocycles. The summed E-state index contributed by atoms with van der Waals surface area (Å²) in [5, 5.41) is 0. The molecular weight excluding hydrogens is 327 g/mol. The number of ether oxygens (including phenoxy) is 1. The van der Waals surface area contributed by atoms with Crippen LogP contribution in [0.3, 0.4) is 0 Å². The van der Waals surface area contributed by atoms with Gasteiger partial charge in [0.2, 0.25) is 0 Å². The molecule has 2 heterocycles. The van der Waals surface area contributed by atoms with E-state index < -0.39 is 0 Å². The topological polar surface area (TPSA) is 55.0 Å². The summed E-state index contributed by atoms with van der Waals surface area (Å²) in [5.41, 5.74) is 0.700. The lowest BCUT2D eigenvalue weighted by molar-refractivity contribution is 0.0691. The highest BCUT2D eigenvalue weighted by atomic mass is 127. The number of nitrogens with zero attached hydrogens (tertiary/aromatic N) is 1. The maximum Gasteiger partial charge on any atom is 0.264 e. The van der Waals surface area contributed by atoms with E-state index in [1.165, 1.54) is 0 Å². The molecule has 1 fully saturated rings. The molecule has 1 aliphatic rings. The number of aromatic nitrogens is 2. The molecule has 0 bridgehead atoms. The summed E-state index contributed by atoms with van der Waals surface area (Å²) in [4.78, 5) is 18.7. The van der Waals surface area contributed by atoms with Gasteiger partial charge in [-0.2, -0.15) is 11.8 Å². The molecule has 82 valence electrons. The molecule has 2 rings (SSSR count). The van der Waals surface area contributed by atoms with E-state index in [0.717, 1.165) is 23.8 Å². The first-order chi connectivity index (χ1) is 7.18. The lowest BCUT2D eigenvalue weighted by atomic mass is 10.3. The van der Waals surface area contributed by atoms with Crippen LogP contribution in [0.2, 0.25) is 0 Å². The number of H-pyrrole nitrogens is 1. The van der Waals surface area contributed by atoms with Crippen molar-refractivity contribution in [2.45, 2.75) is 13.0 Å². The van der Waals surface area contributed by atoms with Gasteiger partial charge in [0.1, 0.15) is 11.9 Å². The zero-order chi connectivity index (χ0) is 10.8. The fraction of sp³-hybridized carbons (Fsp3) is 0.556. The first-order valence-electron chi connectivity index (χ1n) is 4.64. The molecule has 1 aromatic heterocycles. The SMILES string of the molecule is Cc1nc(C2CSCCO2)[nH]c(=O)c1I. The van der Waals surface area contributed by atoms with E-state index >= 15 is 0 Å². The summed E-state index contributed by atoms with van der Waals surface area (Å²) in [6.07, 6.45) is -0.0628. The van der Waals surface area contributed by atoms with Crippen molar-refractivity contribution in [3.05, 3.63) is 25.4 Å². The molecule has 1 saturated heterocycles. The van der Waals surface area contributed by atoms with Crippen LogP contribution in [0.15, 0.2) is 4.79 Å². The number of rotatable bonds is 1. The van der Waals surface area contributed by atoms with Crippen molar-refractivity contribution in [1.29, 1.82) is 0 Å². The highest BCUT2D eigenvalue weighted by Crippen LogP contribution is 2.23. The largest absolute Gasteiger partial charge is 0.369 e. The van der Waals surface area contributed by atoms with E-state index in [4.69, 9.17) is 4.74 Å². The van der Waals surface area contributed by atoms with Gasteiger partial charge in [0.05, 0.1) is 15.9 Å². The highest BCUT2D eigenvalue weighted by molar-refractivity contribution is 14.1. The fourth-order valence-corrected chi connectivity index (χ4v) is 2.50. The maximum atomic E-state index is 11.5. The predicted molar refractivity (Wildman–Crippen MR) is 68.3 cm³/mol. The smallest absolute Gasteiger partial charge is 0.264 e. The molecule has 4 nitrogen and oxygen atoms in total. The Balaban J connectivity index is 2.32. The number of hydrogen-bond acceptors (Lipinski definition) is 4. The quantitative estimate of drug-likeness (QED) is 0.789. The predicted octanol–water partition coefficient (Wildman–Crippen LogP) is 1.49. The number of nitrogens with one attached hydrogen (secondary N) is 1. The van der Waals surface area contributed by atoms with Crippen LogP contribution in [-0.2, 0) is 4.74 Å². The molecule has 1 aliphatic heterocycles. The van der Waals surface area contributed by atoms with Crippen molar-refractivity contribution >= 4 is 34.4 Å². The lowest BCUT2D eigenvalue weighted by Crippen LogP contribution is -2.23. The molecular formula is C9H11IN2O2S. The van der Waals surface area contributed by atoms with Gasteiger partial charge in [0, 0.05) is 11.5 Å². The zero-order valence-electron chi connectivity index (χ0n) is 8.25. The normalized spacial score (nSPS) is 21.6. The first-order valence-corrected chi connectivity index (χ1v) is 6.87. The molecule has 6 heteroatoms. The van der Waals surface area contributed by atoms with Gasteiger partial charge in [0.25, 0.3) is 5.56 Å². The average Bonchev–Trinajstić information content (AvgIpc) is 2.26. The van der Waals surface area contributed by atoms with Crippen LogP contribution >= 0.6 is 34.4 Å². The molecule has 0 spiro atoms. The molecule has 0 radical (unpaired) electrons. The summed E-state index contributed by atoms with van der Waals surface area (Å²) < 4.78 is 6.21. The second-order valence-corrected chi connectivity index (χ2v) is 5.51. The van der Waals surface area contributed by atoms with Crippen LogP contribution in [0.25, 0.3) is 0 Å². The van der Waals surface area contributed by atoms with Crippen molar-refractivity contribution in [1.82, 2.24) is 9.97 Å². The Kier molecular flexibility index (Phi) is 3.68. The number of aromatic amines is 1. The third-order valence-electron chi connectivity index (χ3n) is 2.17. The number of aryl methyl sites for hydroxylation is 1. The second-order valence-electron chi connectivity index (χ2n) is 3.28. The van der Waals surface area contributed by atoms with Crippen LogP contribution in [0, 0.1) is 10.5 Å². The van der Waals surface area contributed by atoms with Gasteiger partial charge in [-0.15, -0.1) is 0 Å². The summed E-state index contributed by atoms with van der Waals surface area (Å²) in [6, 6.07) is 0. The van der Waals surface area contributed by atoms with Crippen molar-refractivity contribution in [3.8, 4) is 0 Å². The van der Waals surface area contributed by atoms with Crippen molar-refractivity contribution in [3.63, 3.8) is 0 Å². The van der Waals surface area contributed by atoms with E-state index in [9.17, 15) is 4.79 Å². The van der Waals surface area contributed by atoms with Crippen LogP contribution in [0.4, 0.5) is 0 Å². The van der Waals surface area contributed by atoms with Gasteiger partial charge in [-0.3, -0.25) is 4.79 Å². The first kappa shape index (κ1) is 11.4. The minimum Gasteiger partial charge on any atom is -0.369 e. The van der Waals surface area contributed by atoms with Crippen molar-refractivity contribution in [2.24, 2.45) is 0 Å². The van der Waals surface area contributed by atoms with Crippen molar-refractivity contribution < 1.29 is 4.74 Å². The van der Waals surface area contributed by atoms with Crippen LogP contribution < -0.4 is 5.56 Å². The Hall–Kier alpha value is -0.0800. The lowest BCUT2D eigenvalue weighted by Gasteiger charge is -2.21.